The first-order valence-corrected chi connectivity index (χ1v) is 9.95. The maximum absolute atomic E-state index is 12.2. The molecule has 0 heterocycles. The Hall–Kier alpha value is -3.82. The fraction of sp³-hybridized carbons (Fsp3) is 0.667. The van der Waals surface area contributed by atoms with Crippen molar-refractivity contribution in [2.45, 2.75) is 20.8 Å². The van der Waals surface area contributed by atoms with Gasteiger partial charge >= 0.3 is 36.2 Å². The van der Waals surface area contributed by atoms with Gasteiger partial charge in [-0.2, -0.15) is 0 Å². The van der Waals surface area contributed by atoms with Crippen molar-refractivity contribution in [2.24, 2.45) is 0 Å². The number of rotatable bonds is 15. The van der Waals surface area contributed by atoms with E-state index in [1.54, 1.807) is 0 Å². The van der Waals surface area contributed by atoms with Crippen molar-refractivity contribution in [1.82, 2.24) is 20.9 Å². The number of hydrogen-bond acceptors (Lipinski definition) is 13. The molecule has 0 saturated heterocycles. The number of ether oxygens (including phenoxy) is 6. The van der Waals surface area contributed by atoms with Gasteiger partial charge < -0.3 is 49.3 Å². The fourth-order valence-electron chi connectivity index (χ4n) is 1.87. The van der Waals surface area contributed by atoms with Crippen LogP contribution in [-0.2, 0) is 42.8 Å². The average Bonchev–Trinajstić information content (AvgIpc) is 2.73. The second-order valence-electron chi connectivity index (χ2n) is 6.13. The summed E-state index contributed by atoms with van der Waals surface area (Å²) in [7, 11) is 0. The number of carbonyl (C=O) groups is 6. The maximum atomic E-state index is 12.2. The topological polar surface area (TPSA) is 197 Å². The van der Waals surface area contributed by atoms with E-state index in [9.17, 15) is 28.8 Å². The molecule has 0 radical (unpaired) electrons. The predicted octanol–water partition coefficient (Wildman–Crippen LogP) is -0.971. The van der Waals surface area contributed by atoms with Crippen molar-refractivity contribution >= 4 is 36.2 Å². The molecule has 16 nitrogen and oxygen atoms in total. The molecular weight excluding hydrogens is 464 g/mol. The van der Waals surface area contributed by atoms with E-state index in [2.05, 4.69) is 39.6 Å². The van der Waals surface area contributed by atoms with Gasteiger partial charge in [0, 0.05) is 60.0 Å². The molecule has 0 fully saturated rings. The number of nitrogens with one attached hydrogen (secondary N) is 3. The van der Waals surface area contributed by atoms with Crippen LogP contribution in [0.25, 0.3) is 0 Å². The van der Waals surface area contributed by atoms with Gasteiger partial charge in [0.05, 0.1) is 0 Å². The van der Waals surface area contributed by atoms with Gasteiger partial charge in [-0.3, -0.25) is 14.4 Å². The first-order valence-electron chi connectivity index (χ1n) is 9.95. The molecule has 0 aromatic carbocycles. The van der Waals surface area contributed by atoms with Crippen LogP contribution >= 0.6 is 0 Å². The lowest BCUT2D eigenvalue weighted by Crippen LogP contribution is -2.43. The van der Waals surface area contributed by atoms with E-state index in [-0.39, 0.29) is 32.7 Å². The number of amides is 3. The standard InChI is InChI=1S/C18H30N4O12/c1-13(23)29-10-32-16(26)20-5-4-19-6-8-22(18(28)34-12-31-15(3)25)9-7-21-17(27)33-11-30-14(2)24/h19H,4-12H2,1-3H3,(H,20,26)(H,21,27). The SMILES string of the molecule is CC(=O)OCOC(=O)NCCNCCN(CCNC(=O)OCOC(C)=O)C(=O)OCOC(C)=O. The second kappa shape index (κ2) is 18.7. The van der Waals surface area contributed by atoms with Crippen LogP contribution in [0.2, 0.25) is 0 Å². The van der Waals surface area contributed by atoms with Gasteiger partial charge in [-0.05, 0) is 0 Å². The number of hydrogen-bond donors (Lipinski definition) is 3. The highest BCUT2D eigenvalue weighted by atomic mass is 16.7. The Kier molecular flexibility index (Phi) is 16.6. The van der Waals surface area contributed by atoms with Crippen molar-refractivity contribution in [2.75, 3.05) is 59.6 Å². The molecule has 0 aliphatic rings. The summed E-state index contributed by atoms with van der Waals surface area (Å²) in [6.45, 7) is 2.79. The van der Waals surface area contributed by atoms with Crippen LogP contribution in [0.3, 0.4) is 0 Å². The van der Waals surface area contributed by atoms with Gasteiger partial charge in [0.2, 0.25) is 20.4 Å². The quantitative estimate of drug-likeness (QED) is 0.109. The van der Waals surface area contributed by atoms with Crippen LogP contribution in [0.15, 0.2) is 0 Å². The van der Waals surface area contributed by atoms with E-state index in [0.29, 0.717) is 6.54 Å². The molecule has 0 aliphatic heterocycles. The first kappa shape index (κ1) is 30.2. The minimum Gasteiger partial charge on any atom is -0.428 e. The number of nitrogens with zero attached hydrogens (tertiary/aromatic N) is 1. The van der Waals surface area contributed by atoms with Crippen molar-refractivity contribution in [3.63, 3.8) is 0 Å². The fourth-order valence-corrected chi connectivity index (χ4v) is 1.87. The lowest BCUT2D eigenvalue weighted by atomic mass is 10.4. The van der Waals surface area contributed by atoms with Crippen LogP contribution in [-0.4, -0.2) is 101 Å². The molecular formula is C18H30N4O12. The summed E-state index contributed by atoms with van der Waals surface area (Å²) in [6.07, 6.45) is -2.44. The molecule has 0 bridgehead atoms. The third kappa shape index (κ3) is 18.9. The van der Waals surface area contributed by atoms with Crippen LogP contribution in [0, 0.1) is 0 Å². The van der Waals surface area contributed by atoms with Gasteiger partial charge in [-0.15, -0.1) is 0 Å². The van der Waals surface area contributed by atoms with E-state index in [0.717, 1.165) is 13.8 Å². The zero-order valence-corrected chi connectivity index (χ0v) is 19.2. The van der Waals surface area contributed by atoms with E-state index >= 15 is 0 Å². The zero-order chi connectivity index (χ0) is 25.8. The van der Waals surface area contributed by atoms with E-state index in [1.165, 1.54) is 11.8 Å². The molecule has 0 unspecified atom stereocenters. The number of alkyl carbamates (subject to hydrolysis) is 2. The first-order chi connectivity index (χ1) is 16.1. The molecule has 0 saturated carbocycles. The van der Waals surface area contributed by atoms with Crippen LogP contribution < -0.4 is 16.0 Å². The molecule has 0 atom stereocenters. The summed E-state index contributed by atoms with van der Waals surface area (Å²) in [5, 5.41) is 7.74. The van der Waals surface area contributed by atoms with Gasteiger partial charge in [0.15, 0.2) is 0 Å². The van der Waals surface area contributed by atoms with Crippen molar-refractivity contribution in [3.8, 4) is 0 Å². The zero-order valence-electron chi connectivity index (χ0n) is 19.2. The normalized spacial score (nSPS) is 9.74. The summed E-state index contributed by atoms with van der Waals surface area (Å²) < 4.78 is 27.5. The van der Waals surface area contributed by atoms with Gasteiger partial charge in [0.25, 0.3) is 0 Å². The molecule has 194 valence electrons. The predicted molar refractivity (Wildman–Crippen MR) is 110 cm³/mol. The number of carbonyl (C=O) groups excluding carboxylic acids is 6. The highest BCUT2D eigenvalue weighted by Gasteiger charge is 2.16. The molecule has 3 amide bonds. The monoisotopic (exact) mass is 494 g/mol. The number of esters is 3. The molecule has 0 aromatic rings. The molecule has 16 heteroatoms. The van der Waals surface area contributed by atoms with Gasteiger partial charge in [0.1, 0.15) is 0 Å². The maximum Gasteiger partial charge on any atom is 0.412 e. The third-order valence-corrected chi connectivity index (χ3v) is 3.39. The Bertz CT molecular complexity index is 688. The Balaban J connectivity index is 4.28. The molecule has 34 heavy (non-hydrogen) atoms. The minimum atomic E-state index is -0.862. The Labute approximate surface area is 195 Å². The Morgan fingerprint density at radius 2 is 1.00 bits per heavy atom. The summed E-state index contributed by atoms with van der Waals surface area (Å²) >= 11 is 0. The van der Waals surface area contributed by atoms with Crippen LogP contribution in [0.5, 0.6) is 0 Å². The highest BCUT2D eigenvalue weighted by Crippen LogP contribution is 1.95. The van der Waals surface area contributed by atoms with Crippen LogP contribution in [0.4, 0.5) is 14.4 Å². The lowest BCUT2D eigenvalue weighted by Gasteiger charge is -2.22. The van der Waals surface area contributed by atoms with Gasteiger partial charge in [-0.1, -0.05) is 0 Å². The van der Waals surface area contributed by atoms with Crippen molar-refractivity contribution in [3.05, 3.63) is 0 Å². The largest absolute Gasteiger partial charge is 0.428 e. The molecule has 0 aliphatic carbocycles. The van der Waals surface area contributed by atoms with Crippen molar-refractivity contribution < 1.29 is 57.2 Å². The molecule has 0 rings (SSSR count). The average molecular weight is 494 g/mol. The lowest BCUT2D eigenvalue weighted by molar-refractivity contribution is -0.150. The van der Waals surface area contributed by atoms with Gasteiger partial charge in [-0.25, -0.2) is 14.4 Å². The summed E-state index contributed by atoms with van der Waals surface area (Å²) in [4.78, 5) is 68.2. The summed E-state index contributed by atoms with van der Waals surface area (Å²) in [5.41, 5.74) is 0. The third-order valence-electron chi connectivity index (χ3n) is 3.39. The minimum absolute atomic E-state index is 0.0166. The molecule has 3 N–H and O–H groups in total. The molecule has 0 spiro atoms. The Morgan fingerprint density at radius 3 is 1.50 bits per heavy atom. The van der Waals surface area contributed by atoms with Crippen molar-refractivity contribution in [1.29, 1.82) is 0 Å². The van der Waals surface area contributed by atoms with E-state index in [1.807, 2.05) is 0 Å². The highest BCUT2D eigenvalue weighted by molar-refractivity contribution is 5.70. The van der Waals surface area contributed by atoms with E-state index in [4.69, 9.17) is 4.74 Å². The second-order valence-corrected chi connectivity index (χ2v) is 6.13. The van der Waals surface area contributed by atoms with Crippen LogP contribution in [0.1, 0.15) is 20.8 Å². The summed E-state index contributed by atoms with van der Waals surface area (Å²) in [5.74, 6) is -1.83. The Morgan fingerprint density at radius 1 is 0.559 bits per heavy atom. The molecule has 0 aromatic heterocycles. The smallest absolute Gasteiger partial charge is 0.412 e. The van der Waals surface area contributed by atoms with E-state index < -0.39 is 56.6 Å². The summed E-state index contributed by atoms with van der Waals surface area (Å²) in [6, 6.07) is 0.